The number of nitrogens with zero attached hydrogens (tertiary/aromatic N) is 4. The molecule has 1 aromatic heterocycles. The molecule has 1 aliphatic rings. The molecule has 2 heterocycles. The second-order valence-electron chi connectivity index (χ2n) is 7.76. The van der Waals surface area contributed by atoms with E-state index in [4.69, 9.17) is 9.26 Å². The van der Waals surface area contributed by atoms with Crippen molar-refractivity contribution in [2.45, 2.75) is 19.9 Å². The number of aryl methyl sites for hydroxylation is 1. The highest BCUT2D eigenvalue weighted by Gasteiger charge is 2.28. The lowest BCUT2D eigenvalue weighted by atomic mass is 10.1. The Morgan fingerprint density at radius 3 is 2.53 bits per heavy atom. The molecule has 9 heteroatoms. The summed E-state index contributed by atoms with van der Waals surface area (Å²) in [6.45, 7) is 5.92. The van der Waals surface area contributed by atoms with Crippen LogP contribution < -0.4 is 4.74 Å². The average molecular weight is 442 g/mol. The molecule has 0 N–H and O–H groups in total. The van der Waals surface area contributed by atoms with E-state index in [2.05, 4.69) is 15.0 Å². The highest BCUT2D eigenvalue weighted by molar-refractivity contribution is 5.77. The zero-order chi connectivity index (χ0) is 22.7. The van der Waals surface area contributed by atoms with Gasteiger partial charge in [-0.3, -0.25) is 9.69 Å². The maximum atomic E-state index is 13.8. The van der Waals surface area contributed by atoms with E-state index in [-0.39, 0.29) is 30.2 Å². The molecule has 0 bridgehead atoms. The average Bonchev–Trinajstić information content (AvgIpc) is 3.30. The summed E-state index contributed by atoms with van der Waals surface area (Å²) in [6, 6.07) is 10.3. The first-order valence-electron chi connectivity index (χ1n) is 10.4. The molecule has 0 spiro atoms. The van der Waals surface area contributed by atoms with Gasteiger partial charge in [-0.1, -0.05) is 17.3 Å². The van der Waals surface area contributed by atoms with E-state index in [1.54, 1.807) is 24.0 Å². The molecule has 1 unspecified atom stereocenters. The van der Waals surface area contributed by atoms with Crippen LogP contribution in [0, 0.1) is 18.6 Å². The number of aromatic nitrogens is 2. The van der Waals surface area contributed by atoms with Gasteiger partial charge in [-0.15, -0.1) is 0 Å². The summed E-state index contributed by atoms with van der Waals surface area (Å²) in [5.41, 5.74) is 1.12. The standard InChI is InChI=1S/C23H24F2N4O3/c1-15-3-4-17(13-20(15)25)22-26-23(32-27-22)16(2)28-9-11-29(12-10-28)21(30)14-31-19-7-5-18(24)6-8-19/h3-8,13,16H,9-12,14H2,1-2H3. The van der Waals surface area contributed by atoms with E-state index < -0.39 is 0 Å². The third-order valence-corrected chi connectivity index (χ3v) is 5.62. The number of piperazine rings is 1. The Kier molecular flexibility index (Phi) is 6.45. The van der Waals surface area contributed by atoms with Crippen molar-refractivity contribution < 1.29 is 22.8 Å². The molecular formula is C23H24F2N4O3. The van der Waals surface area contributed by atoms with Gasteiger partial charge in [0.25, 0.3) is 5.91 Å². The van der Waals surface area contributed by atoms with Crippen molar-refractivity contribution in [3.63, 3.8) is 0 Å². The van der Waals surface area contributed by atoms with Crippen LogP contribution in [0.1, 0.15) is 24.4 Å². The van der Waals surface area contributed by atoms with Crippen LogP contribution in [0.25, 0.3) is 11.4 Å². The monoisotopic (exact) mass is 442 g/mol. The van der Waals surface area contributed by atoms with Gasteiger partial charge in [-0.05, 0) is 49.7 Å². The fourth-order valence-electron chi connectivity index (χ4n) is 3.54. The minimum Gasteiger partial charge on any atom is -0.484 e. The number of amides is 1. The molecule has 168 valence electrons. The Bertz CT molecular complexity index is 1080. The van der Waals surface area contributed by atoms with Gasteiger partial charge in [0.05, 0.1) is 6.04 Å². The second kappa shape index (κ2) is 9.44. The Morgan fingerprint density at radius 1 is 1.12 bits per heavy atom. The van der Waals surface area contributed by atoms with E-state index >= 15 is 0 Å². The summed E-state index contributed by atoms with van der Waals surface area (Å²) >= 11 is 0. The molecule has 1 aliphatic heterocycles. The number of carbonyl (C=O) groups excluding carboxylic acids is 1. The number of carbonyl (C=O) groups is 1. The zero-order valence-electron chi connectivity index (χ0n) is 17.9. The maximum absolute atomic E-state index is 13.8. The van der Waals surface area contributed by atoms with E-state index in [9.17, 15) is 13.6 Å². The minimum absolute atomic E-state index is 0.0959. The van der Waals surface area contributed by atoms with Gasteiger partial charge >= 0.3 is 0 Å². The molecule has 0 aliphatic carbocycles. The Labute approximate surface area is 184 Å². The fraction of sp³-hybridized carbons (Fsp3) is 0.348. The first-order valence-corrected chi connectivity index (χ1v) is 10.4. The van der Waals surface area contributed by atoms with Gasteiger partial charge in [-0.25, -0.2) is 8.78 Å². The number of hydrogen-bond donors (Lipinski definition) is 0. The molecule has 0 saturated carbocycles. The molecule has 2 aromatic carbocycles. The van der Waals surface area contributed by atoms with Crippen LogP contribution in [-0.2, 0) is 4.79 Å². The third kappa shape index (κ3) is 4.94. The number of rotatable bonds is 6. The van der Waals surface area contributed by atoms with Gasteiger partial charge < -0.3 is 14.2 Å². The first-order chi connectivity index (χ1) is 15.4. The molecule has 1 saturated heterocycles. The van der Waals surface area contributed by atoms with Crippen LogP contribution in [0.2, 0.25) is 0 Å². The van der Waals surface area contributed by atoms with Crippen LogP contribution in [0.3, 0.4) is 0 Å². The lowest BCUT2D eigenvalue weighted by molar-refractivity contribution is -0.135. The predicted octanol–water partition coefficient (Wildman–Crippen LogP) is 3.61. The molecule has 4 rings (SSSR count). The summed E-state index contributed by atoms with van der Waals surface area (Å²) in [5.74, 6) is 0.452. The summed E-state index contributed by atoms with van der Waals surface area (Å²) < 4.78 is 37.7. The number of ether oxygens (including phenoxy) is 1. The van der Waals surface area contributed by atoms with E-state index in [0.29, 0.717) is 54.8 Å². The highest BCUT2D eigenvalue weighted by atomic mass is 19.1. The van der Waals surface area contributed by atoms with Gasteiger partial charge in [0.2, 0.25) is 11.7 Å². The zero-order valence-corrected chi connectivity index (χ0v) is 17.9. The molecule has 32 heavy (non-hydrogen) atoms. The predicted molar refractivity (Wildman–Crippen MR) is 113 cm³/mol. The first kappa shape index (κ1) is 21.9. The number of benzene rings is 2. The van der Waals surface area contributed by atoms with Gasteiger partial charge in [0.1, 0.15) is 17.4 Å². The molecule has 3 aromatic rings. The van der Waals surface area contributed by atoms with E-state index in [1.807, 2.05) is 6.92 Å². The molecular weight excluding hydrogens is 418 g/mol. The smallest absolute Gasteiger partial charge is 0.260 e. The van der Waals surface area contributed by atoms with Gasteiger partial charge in [0.15, 0.2) is 6.61 Å². The Morgan fingerprint density at radius 2 is 1.84 bits per heavy atom. The van der Waals surface area contributed by atoms with E-state index in [0.717, 1.165) is 0 Å². The van der Waals surface area contributed by atoms with E-state index in [1.165, 1.54) is 30.3 Å². The highest BCUT2D eigenvalue weighted by Crippen LogP contribution is 2.24. The van der Waals surface area contributed by atoms with Crippen molar-refractivity contribution in [2.24, 2.45) is 0 Å². The van der Waals surface area contributed by atoms with Crippen LogP contribution in [0.15, 0.2) is 47.0 Å². The summed E-state index contributed by atoms with van der Waals surface area (Å²) in [4.78, 5) is 20.8. The van der Waals surface area contributed by atoms with Crippen LogP contribution in [0.5, 0.6) is 5.75 Å². The lowest BCUT2D eigenvalue weighted by Gasteiger charge is -2.36. The minimum atomic E-state index is -0.353. The van der Waals surface area contributed by atoms with Crippen LogP contribution >= 0.6 is 0 Å². The normalized spacial score (nSPS) is 15.6. The van der Waals surface area contributed by atoms with Crippen molar-refractivity contribution >= 4 is 5.91 Å². The SMILES string of the molecule is Cc1ccc(-c2noc(C(C)N3CCN(C(=O)COc4ccc(F)cc4)CC3)n2)cc1F. The van der Waals surface area contributed by atoms with Crippen LogP contribution in [0.4, 0.5) is 8.78 Å². The second-order valence-corrected chi connectivity index (χ2v) is 7.76. The fourth-order valence-corrected chi connectivity index (χ4v) is 3.54. The molecule has 1 fully saturated rings. The maximum Gasteiger partial charge on any atom is 0.260 e. The lowest BCUT2D eigenvalue weighted by Crippen LogP contribution is -2.50. The topological polar surface area (TPSA) is 71.7 Å². The van der Waals surface area contributed by atoms with Crippen LogP contribution in [-0.4, -0.2) is 58.6 Å². The number of hydrogen-bond acceptors (Lipinski definition) is 6. The quantitative estimate of drug-likeness (QED) is 0.581. The third-order valence-electron chi connectivity index (χ3n) is 5.62. The molecule has 1 atom stereocenters. The molecule has 7 nitrogen and oxygen atoms in total. The number of halogens is 2. The van der Waals surface area contributed by atoms with Crippen molar-refractivity contribution in [1.29, 1.82) is 0 Å². The Balaban J connectivity index is 1.30. The van der Waals surface area contributed by atoms with Crippen molar-refractivity contribution in [2.75, 3.05) is 32.8 Å². The van der Waals surface area contributed by atoms with Crippen molar-refractivity contribution in [3.8, 4) is 17.1 Å². The Hall–Kier alpha value is -3.33. The van der Waals surface area contributed by atoms with Crippen molar-refractivity contribution in [3.05, 3.63) is 65.6 Å². The van der Waals surface area contributed by atoms with Gasteiger partial charge in [-0.2, -0.15) is 4.98 Å². The molecule has 1 amide bonds. The van der Waals surface area contributed by atoms with Gasteiger partial charge in [0, 0.05) is 31.7 Å². The largest absolute Gasteiger partial charge is 0.484 e. The summed E-state index contributed by atoms with van der Waals surface area (Å²) in [7, 11) is 0. The summed E-state index contributed by atoms with van der Waals surface area (Å²) in [6.07, 6.45) is 0. The summed E-state index contributed by atoms with van der Waals surface area (Å²) in [5, 5.41) is 3.99. The van der Waals surface area contributed by atoms with Crippen molar-refractivity contribution in [1.82, 2.24) is 19.9 Å². The molecule has 0 radical (unpaired) electrons.